The van der Waals surface area contributed by atoms with Gasteiger partial charge < -0.3 is 13.9 Å². The lowest BCUT2D eigenvalue weighted by atomic mass is 10.1. The van der Waals surface area contributed by atoms with E-state index in [1.165, 1.54) is 4.90 Å². The molecule has 1 aliphatic heterocycles. The van der Waals surface area contributed by atoms with E-state index >= 15 is 0 Å². The number of nitrogens with zero attached hydrogens (tertiary/aromatic N) is 1. The second kappa shape index (κ2) is 11.2. The second-order valence-corrected chi connectivity index (χ2v) is 9.88. The van der Waals surface area contributed by atoms with Gasteiger partial charge in [0, 0.05) is 18.5 Å². The molecule has 1 aliphatic rings. The third-order valence-corrected chi connectivity index (χ3v) is 7.15. The number of amides is 2. The average Bonchev–Trinajstić information content (AvgIpc) is 3.19. The Hall–Kier alpha value is -4.24. The smallest absolute Gasteiger partial charge is 0.311 e. The van der Waals surface area contributed by atoms with Gasteiger partial charge in [0.15, 0.2) is 5.76 Å². The maximum absolute atomic E-state index is 13.3. The van der Waals surface area contributed by atoms with Crippen LogP contribution in [-0.2, 0) is 4.79 Å². The van der Waals surface area contributed by atoms with Crippen molar-refractivity contribution in [2.75, 3.05) is 13.7 Å². The molecule has 2 heterocycles. The molecule has 198 valence electrons. The SMILES string of the molecule is COc1ccc(-c2oc3ccccc3c(=O)c2OC(=O)CCCCCN2C(=O)c3ccccc3C2=O)cc1Br. The molecule has 9 heteroatoms. The molecule has 8 nitrogen and oxygen atoms in total. The number of halogens is 1. The highest BCUT2D eigenvalue weighted by Gasteiger charge is 2.34. The molecule has 0 fully saturated rings. The summed E-state index contributed by atoms with van der Waals surface area (Å²) in [5, 5.41) is 0.303. The summed E-state index contributed by atoms with van der Waals surface area (Å²) < 4.78 is 17.5. The van der Waals surface area contributed by atoms with Crippen LogP contribution in [0.5, 0.6) is 11.5 Å². The number of para-hydroxylation sites is 1. The molecule has 3 aromatic carbocycles. The molecular weight excluding hydrogens is 566 g/mol. The van der Waals surface area contributed by atoms with Crippen molar-refractivity contribution in [2.45, 2.75) is 25.7 Å². The van der Waals surface area contributed by atoms with Gasteiger partial charge in [-0.3, -0.25) is 24.1 Å². The average molecular weight is 590 g/mol. The molecule has 2 amide bonds. The van der Waals surface area contributed by atoms with Crippen molar-refractivity contribution in [1.29, 1.82) is 0 Å². The highest BCUT2D eigenvalue weighted by atomic mass is 79.9. The first kappa shape index (κ1) is 26.4. The van der Waals surface area contributed by atoms with E-state index in [4.69, 9.17) is 13.9 Å². The molecule has 0 atom stereocenters. The van der Waals surface area contributed by atoms with Crippen molar-refractivity contribution < 1.29 is 28.3 Å². The number of esters is 1. The molecule has 1 aromatic heterocycles. The fourth-order valence-electron chi connectivity index (χ4n) is 4.54. The summed E-state index contributed by atoms with van der Waals surface area (Å²) in [5.41, 5.74) is 1.30. The quantitative estimate of drug-likeness (QED) is 0.134. The van der Waals surface area contributed by atoms with Crippen LogP contribution in [0.3, 0.4) is 0 Å². The second-order valence-electron chi connectivity index (χ2n) is 9.03. The summed E-state index contributed by atoms with van der Waals surface area (Å²) in [6.07, 6.45) is 1.65. The Bertz CT molecular complexity index is 1620. The fourth-order valence-corrected chi connectivity index (χ4v) is 5.08. The van der Waals surface area contributed by atoms with E-state index in [0.717, 1.165) is 0 Å². The molecular formula is C30H24BrNO7. The predicted molar refractivity (Wildman–Crippen MR) is 148 cm³/mol. The number of hydrogen-bond acceptors (Lipinski definition) is 7. The van der Waals surface area contributed by atoms with Crippen molar-refractivity contribution >= 4 is 44.7 Å². The highest BCUT2D eigenvalue weighted by Crippen LogP contribution is 2.35. The Labute approximate surface area is 232 Å². The first-order valence-electron chi connectivity index (χ1n) is 12.4. The number of methoxy groups -OCH3 is 1. The number of fused-ring (bicyclic) bond motifs is 2. The number of imide groups is 1. The van der Waals surface area contributed by atoms with E-state index in [1.54, 1.807) is 73.8 Å². The standard InChI is InChI=1S/C30H24BrNO7/c1-37-24-15-14-18(17-22(24)31)27-28(26(34)21-11-6-7-12-23(21)38-27)39-25(33)13-3-2-8-16-32-29(35)19-9-4-5-10-20(19)30(32)36/h4-7,9-12,14-15,17H,2-3,8,13,16H2,1H3. The first-order chi connectivity index (χ1) is 18.9. The van der Waals surface area contributed by atoms with Gasteiger partial charge in [-0.1, -0.05) is 30.7 Å². The number of ether oxygens (including phenoxy) is 2. The zero-order valence-corrected chi connectivity index (χ0v) is 22.7. The lowest BCUT2D eigenvalue weighted by molar-refractivity contribution is -0.134. The van der Waals surface area contributed by atoms with E-state index in [9.17, 15) is 19.2 Å². The van der Waals surface area contributed by atoms with Crippen LogP contribution in [0.15, 0.2) is 80.4 Å². The fraction of sp³-hybridized carbons (Fsp3) is 0.200. The minimum absolute atomic E-state index is 0.0557. The topological polar surface area (TPSA) is 103 Å². The summed E-state index contributed by atoms with van der Waals surface area (Å²) in [5.74, 6) is -0.608. The van der Waals surface area contributed by atoms with Gasteiger partial charge in [-0.2, -0.15) is 0 Å². The molecule has 0 saturated carbocycles. The van der Waals surface area contributed by atoms with Crippen LogP contribution in [0.2, 0.25) is 0 Å². The monoisotopic (exact) mass is 589 g/mol. The maximum Gasteiger partial charge on any atom is 0.311 e. The van der Waals surface area contributed by atoms with Crippen LogP contribution in [0, 0.1) is 0 Å². The van der Waals surface area contributed by atoms with Crippen molar-refractivity contribution in [3.05, 3.63) is 92.6 Å². The number of hydrogen-bond donors (Lipinski definition) is 0. The zero-order valence-electron chi connectivity index (χ0n) is 21.1. The molecule has 0 bridgehead atoms. The molecule has 0 unspecified atom stereocenters. The van der Waals surface area contributed by atoms with Gasteiger partial charge >= 0.3 is 5.97 Å². The Morgan fingerprint density at radius 2 is 1.59 bits per heavy atom. The molecule has 39 heavy (non-hydrogen) atoms. The van der Waals surface area contributed by atoms with Crippen LogP contribution in [0.4, 0.5) is 0 Å². The Morgan fingerprint density at radius 1 is 0.897 bits per heavy atom. The van der Waals surface area contributed by atoms with E-state index in [2.05, 4.69) is 15.9 Å². The molecule has 0 spiro atoms. The predicted octanol–water partition coefficient (Wildman–Crippen LogP) is 5.99. The van der Waals surface area contributed by atoms with E-state index in [1.807, 2.05) is 0 Å². The van der Waals surface area contributed by atoms with Crippen LogP contribution in [0.25, 0.3) is 22.3 Å². The van der Waals surface area contributed by atoms with Gasteiger partial charge in [-0.05, 0) is 71.2 Å². The Balaban J connectivity index is 1.26. The van der Waals surface area contributed by atoms with Crippen LogP contribution >= 0.6 is 15.9 Å². The summed E-state index contributed by atoms with van der Waals surface area (Å²) in [6, 6.07) is 18.7. The molecule has 0 saturated heterocycles. The number of carbonyl (C=O) groups is 3. The lowest BCUT2D eigenvalue weighted by Crippen LogP contribution is -2.30. The van der Waals surface area contributed by atoms with Gasteiger partial charge in [0.25, 0.3) is 11.8 Å². The normalized spacial score (nSPS) is 12.6. The minimum atomic E-state index is -0.577. The van der Waals surface area contributed by atoms with Crippen molar-refractivity contribution in [3.63, 3.8) is 0 Å². The van der Waals surface area contributed by atoms with Crippen LogP contribution in [0.1, 0.15) is 46.4 Å². The highest BCUT2D eigenvalue weighted by molar-refractivity contribution is 9.10. The van der Waals surface area contributed by atoms with Crippen LogP contribution < -0.4 is 14.9 Å². The van der Waals surface area contributed by atoms with Gasteiger partial charge in [-0.15, -0.1) is 0 Å². The van der Waals surface area contributed by atoms with Gasteiger partial charge in [0.2, 0.25) is 11.2 Å². The summed E-state index contributed by atoms with van der Waals surface area (Å²) in [4.78, 5) is 52.3. The van der Waals surface area contributed by atoms with Gasteiger partial charge in [-0.25, -0.2) is 0 Å². The molecule has 5 rings (SSSR count). The minimum Gasteiger partial charge on any atom is -0.496 e. The third kappa shape index (κ3) is 5.22. The van der Waals surface area contributed by atoms with E-state index in [-0.39, 0.29) is 36.3 Å². The van der Waals surface area contributed by atoms with Crippen LogP contribution in [-0.4, -0.2) is 36.3 Å². The summed E-state index contributed by atoms with van der Waals surface area (Å²) >= 11 is 3.44. The van der Waals surface area contributed by atoms with Crippen molar-refractivity contribution in [2.24, 2.45) is 0 Å². The number of unbranched alkanes of at least 4 members (excludes halogenated alkanes) is 2. The molecule has 0 radical (unpaired) electrons. The Kier molecular flexibility index (Phi) is 7.60. The number of benzene rings is 3. The largest absolute Gasteiger partial charge is 0.496 e. The zero-order chi connectivity index (χ0) is 27.5. The molecule has 0 N–H and O–H groups in total. The van der Waals surface area contributed by atoms with E-state index in [0.29, 0.717) is 57.1 Å². The van der Waals surface area contributed by atoms with Gasteiger partial charge in [0.05, 0.1) is 28.1 Å². The lowest BCUT2D eigenvalue weighted by Gasteiger charge is -2.13. The number of carbonyl (C=O) groups excluding carboxylic acids is 3. The Morgan fingerprint density at radius 3 is 2.28 bits per heavy atom. The molecule has 4 aromatic rings. The summed E-state index contributed by atoms with van der Waals surface area (Å²) in [7, 11) is 1.54. The summed E-state index contributed by atoms with van der Waals surface area (Å²) in [6.45, 7) is 0.270. The van der Waals surface area contributed by atoms with Gasteiger partial charge in [0.1, 0.15) is 11.3 Å². The molecule has 0 aliphatic carbocycles. The van der Waals surface area contributed by atoms with E-state index < -0.39 is 11.4 Å². The first-order valence-corrected chi connectivity index (χ1v) is 13.2. The maximum atomic E-state index is 13.3. The van der Waals surface area contributed by atoms with Crippen molar-refractivity contribution in [3.8, 4) is 22.8 Å². The number of rotatable bonds is 9. The third-order valence-electron chi connectivity index (χ3n) is 6.53. The van der Waals surface area contributed by atoms with Crippen molar-refractivity contribution in [1.82, 2.24) is 4.90 Å².